The van der Waals surface area contributed by atoms with E-state index in [4.69, 9.17) is 11.6 Å². The molecule has 2 saturated heterocycles. The molecule has 0 aromatic heterocycles. The highest BCUT2D eigenvalue weighted by atomic mass is 35.5. The number of nitrogens with one attached hydrogen (secondary N) is 1. The lowest BCUT2D eigenvalue weighted by molar-refractivity contribution is -0.126. The zero-order chi connectivity index (χ0) is 23.3. The van der Waals surface area contributed by atoms with Crippen LogP contribution >= 0.6 is 11.6 Å². The Morgan fingerprint density at radius 1 is 1.19 bits per heavy atom. The molecule has 0 unspecified atom stereocenters. The van der Waals surface area contributed by atoms with Gasteiger partial charge in [-0.25, -0.2) is 17.1 Å². The molecule has 32 heavy (non-hydrogen) atoms. The van der Waals surface area contributed by atoms with Crippen molar-refractivity contribution in [3.8, 4) is 0 Å². The summed E-state index contributed by atoms with van der Waals surface area (Å²) in [5.41, 5.74) is -0.00785. The van der Waals surface area contributed by atoms with E-state index in [-0.39, 0.29) is 35.5 Å². The van der Waals surface area contributed by atoms with Gasteiger partial charge in [0, 0.05) is 49.2 Å². The molecule has 0 radical (unpaired) electrons. The molecule has 2 heterocycles. The van der Waals surface area contributed by atoms with E-state index >= 15 is 0 Å². The Balaban J connectivity index is 1.40. The summed E-state index contributed by atoms with van der Waals surface area (Å²) in [6.07, 6.45) is 3.14. The van der Waals surface area contributed by atoms with Gasteiger partial charge in [0.1, 0.15) is 5.82 Å². The van der Waals surface area contributed by atoms with Gasteiger partial charge in [0.05, 0.1) is 5.75 Å². The van der Waals surface area contributed by atoms with E-state index in [0.29, 0.717) is 19.4 Å². The van der Waals surface area contributed by atoms with E-state index in [1.54, 1.807) is 0 Å². The molecule has 0 spiro atoms. The van der Waals surface area contributed by atoms with Crippen molar-refractivity contribution < 1.29 is 17.6 Å². The number of piperidine rings is 2. The van der Waals surface area contributed by atoms with Gasteiger partial charge in [0.15, 0.2) is 0 Å². The number of likely N-dealkylation sites (tertiary alicyclic amines) is 1. The highest BCUT2D eigenvalue weighted by Gasteiger charge is 2.32. The zero-order valence-electron chi connectivity index (χ0n) is 19.0. The molecule has 1 aromatic carbocycles. The minimum absolute atomic E-state index is 0.000392. The zero-order valence-corrected chi connectivity index (χ0v) is 20.6. The Labute approximate surface area is 196 Å². The number of halogens is 2. The van der Waals surface area contributed by atoms with Gasteiger partial charge in [-0.15, -0.1) is 0 Å². The predicted octanol–water partition coefficient (Wildman–Crippen LogP) is 3.51. The molecule has 180 valence electrons. The lowest BCUT2D eigenvalue weighted by atomic mass is 9.92. The maximum absolute atomic E-state index is 14.0. The van der Waals surface area contributed by atoms with Crippen LogP contribution in [0.5, 0.6) is 0 Å². The van der Waals surface area contributed by atoms with Crippen LogP contribution in [0.2, 0.25) is 5.02 Å². The second-order valence-corrected chi connectivity index (χ2v) is 11.9. The van der Waals surface area contributed by atoms with Gasteiger partial charge in [0.2, 0.25) is 15.9 Å². The number of hydrogen-bond acceptors (Lipinski definition) is 4. The Morgan fingerprint density at radius 2 is 1.84 bits per heavy atom. The Bertz CT molecular complexity index is 860. The topological polar surface area (TPSA) is 69.7 Å². The van der Waals surface area contributed by atoms with Crippen LogP contribution in [0.25, 0.3) is 0 Å². The van der Waals surface area contributed by atoms with E-state index in [9.17, 15) is 17.6 Å². The molecule has 2 aliphatic rings. The summed E-state index contributed by atoms with van der Waals surface area (Å²) in [4.78, 5) is 15.0. The van der Waals surface area contributed by atoms with Gasteiger partial charge in [-0.1, -0.05) is 31.5 Å². The minimum Gasteiger partial charge on any atom is -0.356 e. The first kappa shape index (κ1) is 25.4. The first-order valence-corrected chi connectivity index (χ1v) is 13.5. The minimum atomic E-state index is -3.70. The SMILES string of the molecule is C[C@H]1C[C@H](C)CN(CCCNC(=O)C2CCN(S(=O)(=O)Cc3c(F)cccc3Cl)CC2)C1. The Morgan fingerprint density at radius 3 is 2.47 bits per heavy atom. The van der Waals surface area contributed by atoms with E-state index in [1.807, 2.05) is 0 Å². The molecule has 2 fully saturated rings. The van der Waals surface area contributed by atoms with Crippen molar-refractivity contribution in [2.45, 2.75) is 45.3 Å². The monoisotopic (exact) mass is 487 g/mol. The van der Waals surface area contributed by atoms with Crippen molar-refractivity contribution in [1.29, 1.82) is 0 Å². The van der Waals surface area contributed by atoms with Crippen LogP contribution in [0.15, 0.2) is 18.2 Å². The number of rotatable bonds is 8. The van der Waals surface area contributed by atoms with Crippen molar-refractivity contribution in [3.05, 3.63) is 34.6 Å². The molecular formula is C23H35ClFN3O3S. The third-order valence-electron chi connectivity index (χ3n) is 6.50. The smallest absolute Gasteiger partial charge is 0.223 e. The molecule has 2 aliphatic heterocycles. The highest BCUT2D eigenvalue weighted by molar-refractivity contribution is 7.88. The Hall–Kier alpha value is -1.22. The van der Waals surface area contributed by atoms with Crippen molar-refractivity contribution >= 4 is 27.5 Å². The molecule has 9 heteroatoms. The fourth-order valence-electron chi connectivity index (χ4n) is 4.97. The van der Waals surface area contributed by atoms with Crippen LogP contribution in [-0.2, 0) is 20.6 Å². The molecule has 1 aromatic rings. The second-order valence-electron chi connectivity index (χ2n) is 9.48. The van der Waals surface area contributed by atoms with Gasteiger partial charge >= 0.3 is 0 Å². The molecule has 3 rings (SSSR count). The van der Waals surface area contributed by atoms with Gasteiger partial charge in [-0.3, -0.25) is 4.79 Å². The van der Waals surface area contributed by atoms with Crippen LogP contribution in [0, 0.1) is 23.6 Å². The van der Waals surface area contributed by atoms with Crippen LogP contribution < -0.4 is 5.32 Å². The van der Waals surface area contributed by atoms with Crippen molar-refractivity contribution in [1.82, 2.24) is 14.5 Å². The fraction of sp³-hybridized carbons (Fsp3) is 0.696. The quantitative estimate of drug-likeness (QED) is 0.570. The summed E-state index contributed by atoms with van der Waals surface area (Å²) >= 11 is 5.98. The molecular weight excluding hydrogens is 453 g/mol. The van der Waals surface area contributed by atoms with E-state index in [1.165, 1.54) is 28.9 Å². The fourth-order valence-corrected chi connectivity index (χ4v) is 6.89. The summed E-state index contributed by atoms with van der Waals surface area (Å²) < 4.78 is 40.8. The lowest BCUT2D eigenvalue weighted by Gasteiger charge is -2.35. The summed E-state index contributed by atoms with van der Waals surface area (Å²) in [6.45, 7) is 9.00. The van der Waals surface area contributed by atoms with Crippen LogP contribution in [0.4, 0.5) is 4.39 Å². The average Bonchev–Trinajstić information content (AvgIpc) is 2.73. The van der Waals surface area contributed by atoms with Crippen molar-refractivity contribution in [3.63, 3.8) is 0 Å². The highest BCUT2D eigenvalue weighted by Crippen LogP contribution is 2.26. The summed E-state index contributed by atoms with van der Waals surface area (Å²) in [6, 6.07) is 4.14. The van der Waals surface area contributed by atoms with Crippen LogP contribution in [-0.4, -0.2) is 62.8 Å². The van der Waals surface area contributed by atoms with E-state index in [2.05, 4.69) is 24.1 Å². The number of amides is 1. The van der Waals surface area contributed by atoms with Crippen LogP contribution in [0.3, 0.4) is 0 Å². The van der Waals surface area contributed by atoms with E-state index in [0.717, 1.165) is 37.9 Å². The number of nitrogens with zero attached hydrogens (tertiary/aromatic N) is 2. The maximum atomic E-state index is 14.0. The number of hydrogen-bond donors (Lipinski definition) is 1. The van der Waals surface area contributed by atoms with Gasteiger partial charge in [-0.05, 0) is 56.2 Å². The number of sulfonamides is 1. The standard InChI is InChI=1S/C23H35ClFN3O3S/c1-17-13-18(2)15-27(14-17)10-4-9-26-23(29)19-7-11-28(12-8-19)32(30,31)16-20-21(24)5-3-6-22(20)25/h3,5-6,17-19H,4,7-16H2,1-2H3,(H,26,29)/t17-,18-/m0/s1. The van der Waals surface area contributed by atoms with E-state index < -0.39 is 21.6 Å². The van der Waals surface area contributed by atoms with Crippen molar-refractivity contribution in [2.75, 3.05) is 39.3 Å². The molecule has 0 aliphatic carbocycles. The van der Waals surface area contributed by atoms with Crippen molar-refractivity contribution in [2.24, 2.45) is 17.8 Å². The number of benzene rings is 1. The molecule has 6 nitrogen and oxygen atoms in total. The van der Waals surface area contributed by atoms with Gasteiger partial charge in [-0.2, -0.15) is 0 Å². The average molecular weight is 488 g/mol. The number of carbonyl (C=O) groups excluding carboxylic acids is 1. The first-order chi connectivity index (χ1) is 15.2. The normalized spacial score (nSPS) is 23.9. The largest absolute Gasteiger partial charge is 0.356 e. The second kappa shape index (κ2) is 11.3. The maximum Gasteiger partial charge on any atom is 0.223 e. The lowest BCUT2D eigenvalue weighted by Crippen LogP contribution is -2.44. The molecule has 2 atom stereocenters. The molecule has 0 saturated carbocycles. The summed E-state index contributed by atoms with van der Waals surface area (Å²) in [5, 5.41) is 3.13. The molecule has 0 bridgehead atoms. The molecule has 1 amide bonds. The molecule has 1 N–H and O–H groups in total. The Kier molecular flexibility index (Phi) is 8.95. The summed E-state index contributed by atoms with van der Waals surface area (Å²) in [7, 11) is -3.70. The predicted molar refractivity (Wildman–Crippen MR) is 125 cm³/mol. The van der Waals surface area contributed by atoms with Gasteiger partial charge < -0.3 is 10.2 Å². The first-order valence-electron chi connectivity index (χ1n) is 11.6. The van der Waals surface area contributed by atoms with Crippen LogP contribution in [0.1, 0.15) is 45.1 Å². The number of carbonyl (C=O) groups is 1. The third-order valence-corrected chi connectivity index (χ3v) is 8.66. The van der Waals surface area contributed by atoms with Gasteiger partial charge in [0.25, 0.3) is 0 Å². The third kappa shape index (κ3) is 6.89. The summed E-state index contributed by atoms with van der Waals surface area (Å²) in [5.74, 6) is 0.175.